The van der Waals surface area contributed by atoms with E-state index < -0.39 is 5.60 Å². The highest BCUT2D eigenvalue weighted by atomic mass is 16.5. The van der Waals surface area contributed by atoms with Crippen molar-refractivity contribution >= 4 is 0 Å². The van der Waals surface area contributed by atoms with Crippen molar-refractivity contribution in [3.05, 3.63) is 35.9 Å². The summed E-state index contributed by atoms with van der Waals surface area (Å²) in [7, 11) is 0. The second-order valence-corrected chi connectivity index (χ2v) is 4.65. The van der Waals surface area contributed by atoms with Gasteiger partial charge in [-0.3, -0.25) is 0 Å². The maximum atomic E-state index is 10.0. The van der Waals surface area contributed by atoms with Gasteiger partial charge in [0.2, 0.25) is 0 Å². The largest absolute Gasteiger partial charge is 0.386 e. The van der Waals surface area contributed by atoms with Gasteiger partial charge in [0.05, 0.1) is 18.8 Å². The number of aliphatic hydroxyl groups is 1. The average Bonchev–Trinajstić information content (AvgIpc) is 2.30. The number of rotatable bonds is 8. The molecular formula is C14H23NO2. The maximum absolute atomic E-state index is 10.0. The SMILES string of the molecule is CCCNCC(C)(O)COCc1ccccc1. The van der Waals surface area contributed by atoms with Crippen LogP contribution in [0.25, 0.3) is 0 Å². The highest BCUT2D eigenvalue weighted by Gasteiger charge is 2.19. The first kappa shape index (κ1) is 14.2. The molecule has 0 heterocycles. The zero-order valence-corrected chi connectivity index (χ0v) is 10.8. The zero-order chi connectivity index (χ0) is 12.6. The molecule has 0 bridgehead atoms. The normalized spacial score (nSPS) is 14.5. The maximum Gasteiger partial charge on any atom is 0.0975 e. The Morgan fingerprint density at radius 3 is 2.65 bits per heavy atom. The van der Waals surface area contributed by atoms with E-state index in [0.29, 0.717) is 19.8 Å². The van der Waals surface area contributed by atoms with Crippen molar-refractivity contribution < 1.29 is 9.84 Å². The molecule has 3 heteroatoms. The summed E-state index contributed by atoms with van der Waals surface area (Å²) in [5, 5.41) is 13.2. The Hall–Kier alpha value is -0.900. The van der Waals surface area contributed by atoms with Gasteiger partial charge < -0.3 is 15.2 Å². The van der Waals surface area contributed by atoms with Crippen LogP contribution in [0.2, 0.25) is 0 Å². The lowest BCUT2D eigenvalue weighted by atomic mass is 10.1. The molecule has 1 aromatic rings. The molecule has 96 valence electrons. The van der Waals surface area contributed by atoms with E-state index in [1.807, 2.05) is 30.3 Å². The third kappa shape index (κ3) is 6.41. The molecule has 0 aromatic heterocycles. The lowest BCUT2D eigenvalue weighted by molar-refractivity contribution is -0.0378. The fourth-order valence-corrected chi connectivity index (χ4v) is 1.55. The van der Waals surface area contributed by atoms with E-state index in [0.717, 1.165) is 18.5 Å². The molecular weight excluding hydrogens is 214 g/mol. The highest BCUT2D eigenvalue weighted by molar-refractivity contribution is 5.13. The molecule has 17 heavy (non-hydrogen) atoms. The van der Waals surface area contributed by atoms with E-state index >= 15 is 0 Å². The van der Waals surface area contributed by atoms with E-state index in [1.54, 1.807) is 6.92 Å². The van der Waals surface area contributed by atoms with Gasteiger partial charge in [-0.2, -0.15) is 0 Å². The Kier molecular flexibility index (Phi) is 6.19. The first-order valence-electron chi connectivity index (χ1n) is 6.19. The van der Waals surface area contributed by atoms with Crippen LogP contribution in [-0.4, -0.2) is 30.4 Å². The van der Waals surface area contributed by atoms with Crippen molar-refractivity contribution in [2.75, 3.05) is 19.7 Å². The van der Waals surface area contributed by atoms with E-state index in [9.17, 15) is 5.11 Å². The van der Waals surface area contributed by atoms with Crippen LogP contribution in [0.5, 0.6) is 0 Å². The van der Waals surface area contributed by atoms with Crippen molar-refractivity contribution in [3.63, 3.8) is 0 Å². The Bertz CT molecular complexity index is 298. The Balaban J connectivity index is 2.20. The van der Waals surface area contributed by atoms with Crippen LogP contribution in [0.3, 0.4) is 0 Å². The van der Waals surface area contributed by atoms with Gasteiger partial charge in [0.15, 0.2) is 0 Å². The predicted octanol–water partition coefficient (Wildman–Crippen LogP) is 1.95. The molecule has 0 fully saturated rings. The van der Waals surface area contributed by atoms with Crippen LogP contribution in [0.4, 0.5) is 0 Å². The van der Waals surface area contributed by atoms with Crippen molar-refractivity contribution in [1.82, 2.24) is 5.32 Å². The minimum Gasteiger partial charge on any atom is -0.386 e. The van der Waals surface area contributed by atoms with Crippen LogP contribution in [0, 0.1) is 0 Å². The smallest absolute Gasteiger partial charge is 0.0975 e. The molecule has 1 aromatic carbocycles. The number of nitrogens with one attached hydrogen (secondary N) is 1. The standard InChI is InChI=1S/C14H23NO2/c1-3-9-15-11-14(2,16)12-17-10-13-7-5-4-6-8-13/h4-8,15-16H,3,9-12H2,1-2H3. The fourth-order valence-electron chi connectivity index (χ4n) is 1.55. The monoisotopic (exact) mass is 237 g/mol. The molecule has 1 unspecified atom stereocenters. The minimum atomic E-state index is -0.802. The number of hydrogen-bond donors (Lipinski definition) is 2. The number of benzene rings is 1. The third-order valence-corrected chi connectivity index (χ3v) is 2.46. The Labute approximate surface area is 104 Å². The third-order valence-electron chi connectivity index (χ3n) is 2.46. The van der Waals surface area contributed by atoms with Crippen LogP contribution >= 0.6 is 0 Å². The van der Waals surface area contributed by atoms with Gasteiger partial charge in [0.25, 0.3) is 0 Å². The predicted molar refractivity (Wildman–Crippen MR) is 69.9 cm³/mol. The summed E-state index contributed by atoms with van der Waals surface area (Å²) in [4.78, 5) is 0. The van der Waals surface area contributed by atoms with Gasteiger partial charge in [-0.25, -0.2) is 0 Å². The molecule has 0 aliphatic heterocycles. The summed E-state index contributed by atoms with van der Waals surface area (Å²) in [5.74, 6) is 0. The number of hydrogen-bond acceptors (Lipinski definition) is 3. The van der Waals surface area contributed by atoms with Crippen LogP contribution in [0.1, 0.15) is 25.8 Å². The molecule has 0 aliphatic carbocycles. The summed E-state index contributed by atoms with van der Waals surface area (Å²) in [6.45, 7) is 6.28. The van der Waals surface area contributed by atoms with Gasteiger partial charge in [0.1, 0.15) is 0 Å². The Morgan fingerprint density at radius 1 is 1.29 bits per heavy atom. The van der Waals surface area contributed by atoms with Gasteiger partial charge >= 0.3 is 0 Å². The van der Waals surface area contributed by atoms with Crippen LogP contribution < -0.4 is 5.32 Å². The second-order valence-electron chi connectivity index (χ2n) is 4.65. The van der Waals surface area contributed by atoms with E-state index in [4.69, 9.17) is 4.74 Å². The van der Waals surface area contributed by atoms with E-state index in [2.05, 4.69) is 12.2 Å². The molecule has 3 nitrogen and oxygen atoms in total. The first-order chi connectivity index (χ1) is 8.14. The first-order valence-corrected chi connectivity index (χ1v) is 6.19. The minimum absolute atomic E-state index is 0.346. The van der Waals surface area contributed by atoms with Gasteiger partial charge in [-0.05, 0) is 25.5 Å². The highest BCUT2D eigenvalue weighted by Crippen LogP contribution is 2.06. The van der Waals surface area contributed by atoms with Crippen LogP contribution in [-0.2, 0) is 11.3 Å². The van der Waals surface area contributed by atoms with Gasteiger partial charge in [-0.15, -0.1) is 0 Å². The average molecular weight is 237 g/mol. The number of ether oxygens (including phenoxy) is 1. The summed E-state index contributed by atoms with van der Waals surface area (Å²) >= 11 is 0. The van der Waals surface area contributed by atoms with E-state index in [1.165, 1.54) is 0 Å². The van der Waals surface area contributed by atoms with Crippen molar-refractivity contribution in [1.29, 1.82) is 0 Å². The van der Waals surface area contributed by atoms with E-state index in [-0.39, 0.29) is 0 Å². The molecule has 1 rings (SSSR count). The molecule has 2 N–H and O–H groups in total. The molecule has 0 spiro atoms. The molecule has 0 radical (unpaired) electrons. The lowest BCUT2D eigenvalue weighted by Crippen LogP contribution is -2.42. The molecule has 0 amide bonds. The fraction of sp³-hybridized carbons (Fsp3) is 0.571. The lowest BCUT2D eigenvalue weighted by Gasteiger charge is -2.23. The van der Waals surface area contributed by atoms with Gasteiger partial charge in [-0.1, -0.05) is 37.3 Å². The van der Waals surface area contributed by atoms with Crippen molar-refractivity contribution in [2.24, 2.45) is 0 Å². The van der Waals surface area contributed by atoms with Crippen LogP contribution in [0.15, 0.2) is 30.3 Å². The topological polar surface area (TPSA) is 41.5 Å². The zero-order valence-electron chi connectivity index (χ0n) is 10.8. The molecule has 0 saturated carbocycles. The molecule has 0 aliphatic rings. The summed E-state index contributed by atoms with van der Waals surface area (Å²) < 4.78 is 5.53. The van der Waals surface area contributed by atoms with Crippen molar-refractivity contribution in [3.8, 4) is 0 Å². The summed E-state index contributed by atoms with van der Waals surface area (Å²) in [6, 6.07) is 9.99. The molecule has 1 atom stereocenters. The molecule has 0 saturated heterocycles. The second kappa shape index (κ2) is 7.43. The Morgan fingerprint density at radius 2 is 2.00 bits per heavy atom. The van der Waals surface area contributed by atoms with Crippen molar-refractivity contribution in [2.45, 2.75) is 32.5 Å². The summed E-state index contributed by atoms with van der Waals surface area (Å²) in [5.41, 5.74) is 0.328. The summed E-state index contributed by atoms with van der Waals surface area (Å²) in [6.07, 6.45) is 1.07. The quantitative estimate of drug-likeness (QED) is 0.679. The van der Waals surface area contributed by atoms with Gasteiger partial charge in [0, 0.05) is 6.54 Å².